The SMILES string of the molecule is CC.CC.CC.CC.CO.O=S1CCC(F)(F)c2ccccc21.c1ccc2c(c1)CCS2. The molecule has 186 valence electrons. The molecule has 0 bridgehead atoms. The van der Waals surface area contributed by atoms with Crippen LogP contribution in [0.5, 0.6) is 0 Å². The van der Waals surface area contributed by atoms with E-state index >= 15 is 0 Å². The number of alkyl halides is 2. The van der Waals surface area contributed by atoms with Crippen LogP contribution in [0.25, 0.3) is 0 Å². The Morgan fingerprint density at radius 2 is 1.34 bits per heavy atom. The maximum atomic E-state index is 13.2. The van der Waals surface area contributed by atoms with Gasteiger partial charge in [0.25, 0.3) is 5.92 Å². The van der Waals surface area contributed by atoms with E-state index in [4.69, 9.17) is 5.11 Å². The molecule has 1 atom stereocenters. The Morgan fingerprint density at radius 3 is 1.88 bits per heavy atom. The van der Waals surface area contributed by atoms with Crippen molar-refractivity contribution in [2.75, 3.05) is 18.6 Å². The molecule has 2 aromatic carbocycles. The highest BCUT2D eigenvalue weighted by atomic mass is 32.2. The average Bonchev–Trinajstić information content (AvgIpc) is 3.38. The van der Waals surface area contributed by atoms with Crippen LogP contribution in [0, 0.1) is 0 Å². The minimum atomic E-state index is -2.80. The molecule has 1 unspecified atom stereocenters. The van der Waals surface area contributed by atoms with Gasteiger partial charge in [-0.05, 0) is 24.1 Å². The van der Waals surface area contributed by atoms with Crippen LogP contribution >= 0.6 is 11.8 Å². The Morgan fingerprint density at radius 1 is 0.844 bits per heavy atom. The molecule has 0 saturated heterocycles. The van der Waals surface area contributed by atoms with E-state index in [0.717, 1.165) is 7.11 Å². The normalized spacial score (nSPS) is 15.6. The molecule has 0 spiro atoms. The third-order valence-corrected chi connectivity index (χ3v) is 6.27. The van der Waals surface area contributed by atoms with Gasteiger partial charge in [0.15, 0.2) is 0 Å². The first-order valence-corrected chi connectivity index (χ1v) is 13.9. The molecule has 2 heterocycles. The summed E-state index contributed by atoms with van der Waals surface area (Å²) in [5, 5.41) is 7.00. The Kier molecular flexibility index (Phi) is 25.3. The van der Waals surface area contributed by atoms with E-state index in [0.29, 0.717) is 4.90 Å². The largest absolute Gasteiger partial charge is 0.400 e. The van der Waals surface area contributed by atoms with Gasteiger partial charge in [-0.3, -0.25) is 4.21 Å². The van der Waals surface area contributed by atoms with E-state index < -0.39 is 16.7 Å². The molecular weight excluding hydrogens is 446 g/mol. The molecule has 0 saturated carbocycles. The fraction of sp³-hybridized carbons (Fsp3) is 0.538. The van der Waals surface area contributed by atoms with Crippen molar-refractivity contribution in [1.82, 2.24) is 0 Å². The van der Waals surface area contributed by atoms with Gasteiger partial charge in [-0.15, -0.1) is 11.8 Å². The number of thioether (sulfide) groups is 1. The monoisotopic (exact) mass is 490 g/mol. The first-order valence-electron chi connectivity index (χ1n) is 11.6. The maximum Gasteiger partial charge on any atom is 0.275 e. The number of hydrogen-bond acceptors (Lipinski definition) is 3. The van der Waals surface area contributed by atoms with Gasteiger partial charge < -0.3 is 5.11 Å². The fourth-order valence-electron chi connectivity index (χ4n) is 2.55. The molecule has 0 radical (unpaired) electrons. The highest BCUT2D eigenvalue weighted by Gasteiger charge is 2.38. The lowest BCUT2D eigenvalue weighted by atomic mass is 10.1. The van der Waals surface area contributed by atoms with Crippen molar-refractivity contribution < 1.29 is 18.1 Å². The van der Waals surface area contributed by atoms with Crippen LogP contribution in [0.3, 0.4) is 0 Å². The van der Waals surface area contributed by atoms with Crippen LogP contribution < -0.4 is 0 Å². The second kappa shape index (κ2) is 22.9. The molecule has 0 amide bonds. The summed E-state index contributed by atoms with van der Waals surface area (Å²) < 4.78 is 37.8. The van der Waals surface area contributed by atoms with Gasteiger partial charge in [0.1, 0.15) is 0 Å². The van der Waals surface area contributed by atoms with E-state index in [-0.39, 0.29) is 17.7 Å². The van der Waals surface area contributed by atoms with Crippen LogP contribution in [0.1, 0.15) is 72.9 Å². The summed E-state index contributed by atoms with van der Waals surface area (Å²) in [5.74, 6) is -1.46. The minimum Gasteiger partial charge on any atom is -0.400 e. The van der Waals surface area contributed by atoms with E-state index in [1.165, 1.54) is 34.8 Å². The van der Waals surface area contributed by atoms with Crippen LogP contribution in [0.4, 0.5) is 8.78 Å². The number of hydrogen-bond donors (Lipinski definition) is 1. The summed E-state index contributed by atoms with van der Waals surface area (Å²) in [5.41, 5.74) is 1.46. The Bertz CT molecular complexity index is 685. The summed E-state index contributed by atoms with van der Waals surface area (Å²) in [4.78, 5) is 1.77. The zero-order chi connectivity index (χ0) is 25.6. The summed E-state index contributed by atoms with van der Waals surface area (Å²) in [6, 6.07) is 14.7. The lowest BCUT2D eigenvalue weighted by Gasteiger charge is -2.24. The number of rotatable bonds is 0. The van der Waals surface area contributed by atoms with Crippen LogP contribution in [0.2, 0.25) is 0 Å². The molecule has 1 N–H and O–H groups in total. The Labute approximate surface area is 202 Å². The molecule has 6 heteroatoms. The number of aliphatic hydroxyl groups excluding tert-OH is 1. The van der Waals surface area contributed by atoms with Crippen molar-refractivity contribution >= 4 is 22.6 Å². The van der Waals surface area contributed by atoms with Gasteiger partial charge in [-0.25, -0.2) is 8.78 Å². The van der Waals surface area contributed by atoms with Crippen molar-refractivity contribution in [1.29, 1.82) is 0 Å². The number of halogens is 2. The smallest absolute Gasteiger partial charge is 0.275 e. The third-order valence-electron chi connectivity index (χ3n) is 3.73. The molecule has 32 heavy (non-hydrogen) atoms. The highest BCUT2D eigenvalue weighted by molar-refractivity contribution is 7.99. The second-order valence-electron chi connectivity index (χ2n) is 5.21. The highest BCUT2D eigenvalue weighted by Crippen LogP contribution is 2.39. The molecule has 2 aliphatic heterocycles. The predicted octanol–water partition coefficient (Wildman–Crippen LogP) is 8.34. The summed E-state index contributed by atoms with van der Waals surface area (Å²) in [6.45, 7) is 16.0. The predicted molar refractivity (Wildman–Crippen MR) is 141 cm³/mol. The fourth-order valence-corrected chi connectivity index (χ4v) is 4.98. The van der Waals surface area contributed by atoms with Gasteiger partial charge in [-0.2, -0.15) is 0 Å². The maximum absolute atomic E-state index is 13.2. The molecule has 2 aliphatic rings. The van der Waals surface area contributed by atoms with E-state index in [1.54, 1.807) is 12.1 Å². The number of fused-ring (bicyclic) bond motifs is 2. The molecule has 0 fully saturated rings. The third kappa shape index (κ3) is 12.1. The lowest BCUT2D eigenvalue weighted by Crippen LogP contribution is -2.24. The van der Waals surface area contributed by atoms with E-state index in [2.05, 4.69) is 24.3 Å². The number of aliphatic hydroxyl groups is 1. The van der Waals surface area contributed by atoms with Gasteiger partial charge >= 0.3 is 0 Å². The van der Waals surface area contributed by atoms with Gasteiger partial charge in [-0.1, -0.05) is 91.8 Å². The topological polar surface area (TPSA) is 37.3 Å². The number of benzene rings is 2. The molecule has 4 rings (SSSR count). The quantitative estimate of drug-likeness (QED) is 0.403. The first-order chi connectivity index (χ1) is 15.6. The molecule has 2 nitrogen and oxygen atoms in total. The van der Waals surface area contributed by atoms with Crippen molar-refractivity contribution in [3.05, 3.63) is 59.7 Å². The summed E-state index contributed by atoms with van der Waals surface area (Å²) >= 11 is 1.97. The Balaban J connectivity index is -0.000000388. The van der Waals surface area contributed by atoms with Crippen molar-refractivity contribution in [3.63, 3.8) is 0 Å². The van der Waals surface area contributed by atoms with Crippen LogP contribution in [-0.4, -0.2) is 27.9 Å². The van der Waals surface area contributed by atoms with Gasteiger partial charge in [0.05, 0.1) is 10.8 Å². The molecular formula is C26H44F2O2S2. The lowest BCUT2D eigenvalue weighted by molar-refractivity contribution is -0.0121. The standard InChI is InChI=1S/C9H8F2OS.C8H8S.4C2H6.CH4O/c10-9(11)5-6-13(12)8-4-2-1-3-7(8)9;1-2-4-8-7(3-1)5-6-9-8;5*1-2/h1-4H,5-6H2;1-4H,5-6H2;4*1-2H3;2H,1H3. The number of aryl methyl sites for hydroxylation is 1. The van der Waals surface area contributed by atoms with Gasteiger partial charge in [0, 0.05) is 40.4 Å². The second-order valence-corrected chi connectivity index (χ2v) is 7.88. The Hall–Kier alpha value is -1.24. The van der Waals surface area contributed by atoms with Crippen molar-refractivity contribution in [2.45, 2.75) is 83.9 Å². The molecule has 2 aromatic rings. The summed E-state index contributed by atoms with van der Waals surface area (Å²) in [7, 11) is -0.242. The average molecular weight is 491 g/mol. The molecule has 0 aromatic heterocycles. The zero-order valence-electron chi connectivity index (χ0n) is 21.4. The summed E-state index contributed by atoms with van der Waals surface area (Å²) in [6.07, 6.45) is 0.956. The minimum absolute atomic E-state index is 0.0595. The van der Waals surface area contributed by atoms with E-state index in [9.17, 15) is 13.0 Å². The van der Waals surface area contributed by atoms with E-state index in [1.807, 2.05) is 67.2 Å². The van der Waals surface area contributed by atoms with Crippen molar-refractivity contribution in [2.24, 2.45) is 0 Å². The van der Waals surface area contributed by atoms with Gasteiger partial charge in [0.2, 0.25) is 0 Å². The van der Waals surface area contributed by atoms with Crippen molar-refractivity contribution in [3.8, 4) is 0 Å². The van der Waals surface area contributed by atoms with Crippen LogP contribution in [-0.2, 0) is 23.1 Å². The molecule has 0 aliphatic carbocycles. The first kappa shape index (κ1) is 35.4. The van der Waals surface area contributed by atoms with Crippen LogP contribution in [0.15, 0.2) is 58.3 Å². The zero-order valence-corrected chi connectivity index (χ0v) is 23.0.